The van der Waals surface area contributed by atoms with Crippen LogP contribution in [0.5, 0.6) is 0 Å². The minimum atomic E-state index is 0.511. The summed E-state index contributed by atoms with van der Waals surface area (Å²) in [4.78, 5) is 9.61. The molecule has 0 aromatic carbocycles. The summed E-state index contributed by atoms with van der Waals surface area (Å²) in [5.41, 5.74) is 0. The van der Waals surface area contributed by atoms with Gasteiger partial charge in [-0.25, -0.2) is 0 Å². The average molecular weight is 111 g/mol. The highest BCUT2D eigenvalue weighted by atomic mass is 16.1. The van der Waals surface area contributed by atoms with Crippen molar-refractivity contribution >= 4 is 6.29 Å². The third-order valence-corrected chi connectivity index (χ3v) is 1.14. The quantitative estimate of drug-likeness (QED) is 0.506. The molecule has 0 rings (SSSR count). The lowest BCUT2D eigenvalue weighted by molar-refractivity contribution is 0.563. The lowest BCUT2D eigenvalue weighted by Crippen LogP contribution is -1.83. The Kier molecular flexibility index (Phi) is 4.23. The van der Waals surface area contributed by atoms with Gasteiger partial charge in [-0.15, -0.1) is 0 Å². The summed E-state index contributed by atoms with van der Waals surface area (Å²) in [5, 5.41) is 0. The first kappa shape index (κ1) is 7.41. The Morgan fingerprint density at radius 2 is 2.38 bits per heavy atom. The topological polar surface area (TPSA) is 17.1 Å². The predicted octanol–water partition coefficient (Wildman–Crippen LogP) is 1.70. The van der Waals surface area contributed by atoms with Crippen LogP contribution >= 0.6 is 0 Å². The monoisotopic (exact) mass is 111 g/mol. The maximum Gasteiger partial charge on any atom is 0.225 e. The second kappa shape index (κ2) is 4.57. The first-order valence-electron chi connectivity index (χ1n) is 2.85. The number of allylic oxidation sites excluding steroid dienone is 2. The maximum atomic E-state index is 9.61. The van der Waals surface area contributed by atoms with Crippen molar-refractivity contribution < 1.29 is 4.79 Å². The Morgan fingerprint density at radius 3 is 2.75 bits per heavy atom. The molecule has 8 heavy (non-hydrogen) atoms. The molecular weight excluding hydrogens is 100 g/mol. The van der Waals surface area contributed by atoms with E-state index in [0.717, 1.165) is 6.42 Å². The van der Waals surface area contributed by atoms with E-state index < -0.39 is 0 Å². The van der Waals surface area contributed by atoms with Gasteiger partial charge in [-0.1, -0.05) is 26.3 Å². The van der Waals surface area contributed by atoms with E-state index in [1.165, 1.54) is 6.08 Å². The van der Waals surface area contributed by atoms with Crippen molar-refractivity contribution in [3.8, 4) is 0 Å². The van der Waals surface area contributed by atoms with Crippen LogP contribution in [0.1, 0.15) is 20.3 Å². The summed E-state index contributed by atoms with van der Waals surface area (Å²) in [5.74, 6) is 0.511. The summed E-state index contributed by atoms with van der Waals surface area (Å²) in [6.07, 6.45) is 6.06. The van der Waals surface area contributed by atoms with Crippen LogP contribution < -0.4 is 0 Å². The van der Waals surface area contributed by atoms with Gasteiger partial charge in [0.05, 0.1) is 0 Å². The van der Waals surface area contributed by atoms with Crippen LogP contribution in [0.3, 0.4) is 0 Å². The average Bonchev–Trinajstić information content (AvgIpc) is 1.83. The van der Waals surface area contributed by atoms with Gasteiger partial charge in [-0.3, -0.25) is 4.79 Å². The Bertz CT molecular complexity index is 84.4. The van der Waals surface area contributed by atoms with Gasteiger partial charge in [0.1, 0.15) is 0 Å². The molecule has 0 heterocycles. The molecule has 0 saturated heterocycles. The van der Waals surface area contributed by atoms with E-state index >= 15 is 0 Å². The van der Waals surface area contributed by atoms with Gasteiger partial charge in [-0.2, -0.15) is 0 Å². The Balaban J connectivity index is 3.35. The minimum absolute atomic E-state index is 0.511. The zero-order valence-corrected chi connectivity index (χ0v) is 5.35. The molecule has 1 heteroatoms. The second-order valence-corrected chi connectivity index (χ2v) is 1.86. The van der Waals surface area contributed by atoms with Crippen molar-refractivity contribution in [1.82, 2.24) is 0 Å². The smallest absolute Gasteiger partial charge is 0.225 e. The molecule has 0 saturated carbocycles. The lowest BCUT2D eigenvalue weighted by atomic mass is 10.1. The van der Waals surface area contributed by atoms with Crippen LogP contribution in [-0.2, 0) is 4.79 Å². The van der Waals surface area contributed by atoms with Crippen molar-refractivity contribution in [2.45, 2.75) is 20.3 Å². The molecule has 1 unspecified atom stereocenters. The minimum Gasteiger partial charge on any atom is -0.286 e. The maximum absolute atomic E-state index is 9.61. The van der Waals surface area contributed by atoms with Gasteiger partial charge in [0.25, 0.3) is 0 Å². The number of hydrogen-bond acceptors (Lipinski definition) is 1. The summed E-state index contributed by atoms with van der Waals surface area (Å²) in [7, 11) is 0. The SMILES string of the molecule is CCC(C)C=C[C]=O. The molecule has 45 valence electrons. The molecular formula is C7H11O. The van der Waals surface area contributed by atoms with Crippen LogP contribution in [-0.4, -0.2) is 6.29 Å². The van der Waals surface area contributed by atoms with Crippen molar-refractivity contribution in [1.29, 1.82) is 0 Å². The van der Waals surface area contributed by atoms with E-state index in [4.69, 9.17) is 0 Å². The number of carbonyl (C=O) groups excluding carboxylic acids is 1. The molecule has 0 spiro atoms. The fraction of sp³-hybridized carbons (Fsp3) is 0.571. The van der Waals surface area contributed by atoms with Gasteiger partial charge in [0.2, 0.25) is 6.29 Å². The molecule has 0 amide bonds. The molecule has 0 aliphatic heterocycles. The molecule has 1 nitrogen and oxygen atoms in total. The van der Waals surface area contributed by atoms with Crippen molar-refractivity contribution in [2.75, 3.05) is 0 Å². The van der Waals surface area contributed by atoms with Gasteiger partial charge in [-0.05, 0) is 12.0 Å². The fourth-order valence-corrected chi connectivity index (χ4v) is 0.340. The fourth-order valence-electron chi connectivity index (χ4n) is 0.340. The highest BCUT2D eigenvalue weighted by molar-refractivity contribution is 5.65. The van der Waals surface area contributed by atoms with Crippen molar-refractivity contribution in [3.05, 3.63) is 12.2 Å². The number of rotatable bonds is 3. The van der Waals surface area contributed by atoms with Crippen LogP contribution in [0.2, 0.25) is 0 Å². The first-order chi connectivity index (χ1) is 3.81. The third-order valence-electron chi connectivity index (χ3n) is 1.14. The Morgan fingerprint density at radius 1 is 1.75 bits per heavy atom. The zero-order chi connectivity index (χ0) is 6.41. The molecule has 0 aromatic rings. The summed E-state index contributed by atoms with van der Waals surface area (Å²) in [6, 6.07) is 0. The summed E-state index contributed by atoms with van der Waals surface area (Å²) in [6.45, 7) is 4.15. The summed E-state index contributed by atoms with van der Waals surface area (Å²) < 4.78 is 0. The van der Waals surface area contributed by atoms with E-state index in [9.17, 15) is 4.79 Å². The van der Waals surface area contributed by atoms with Gasteiger partial charge >= 0.3 is 0 Å². The first-order valence-corrected chi connectivity index (χ1v) is 2.85. The lowest BCUT2D eigenvalue weighted by Gasteiger charge is -1.95. The van der Waals surface area contributed by atoms with E-state index in [1.54, 1.807) is 6.29 Å². The largest absolute Gasteiger partial charge is 0.286 e. The van der Waals surface area contributed by atoms with Crippen LogP contribution in [0, 0.1) is 5.92 Å². The molecule has 0 aliphatic carbocycles. The van der Waals surface area contributed by atoms with E-state index in [1.807, 2.05) is 6.08 Å². The molecule has 0 aliphatic rings. The second-order valence-electron chi connectivity index (χ2n) is 1.86. The third kappa shape index (κ3) is 3.59. The standard InChI is InChI=1S/C7H11O/c1-3-7(2)5-4-6-8/h4-5,7H,3H2,1-2H3. The van der Waals surface area contributed by atoms with Crippen LogP contribution in [0.15, 0.2) is 12.2 Å². The van der Waals surface area contributed by atoms with Gasteiger partial charge < -0.3 is 0 Å². The van der Waals surface area contributed by atoms with Crippen molar-refractivity contribution in [2.24, 2.45) is 5.92 Å². The van der Waals surface area contributed by atoms with Crippen LogP contribution in [0.4, 0.5) is 0 Å². The van der Waals surface area contributed by atoms with E-state index in [0.29, 0.717) is 5.92 Å². The Hall–Kier alpha value is -0.590. The van der Waals surface area contributed by atoms with E-state index in [-0.39, 0.29) is 0 Å². The summed E-state index contributed by atoms with van der Waals surface area (Å²) >= 11 is 0. The zero-order valence-electron chi connectivity index (χ0n) is 5.35. The molecule has 0 bridgehead atoms. The van der Waals surface area contributed by atoms with Gasteiger partial charge in [0, 0.05) is 0 Å². The molecule has 0 aromatic heterocycles. The highest BCUT2D eigenvalue weighted by Gasteiger charge is 1.87. The molecule has 0 N–H and O–H groups in total. The predicted molar refractivity (Wildman–Crippen MR) is 34.3 cm³/mol. The normalized spacial score (nSPS) is 14.2. The van der Waals surface area contributed by atoms with Crippen molar-refractivity contribution in [3.63, 3.8) is 0 Å². The molecule has 1 radical (unpaired) electrons. The Labute approximate surface area is 50.4 Å². The van der Waals surface area contributed by atoms with Gasteiger partial charge in [0.15, 0.2) is 0 Å². The molecule has 0 fully saturated rings. The molecule has 1 atom stereocenters. The van der Waals surface area contributed by atoms with Crippen LogP contribution in [0.25, 0.3) is 0 Å². The number of hydrogen-bond donors (Lipinski definition) is 0. The highest BCUT2D eigenvalue weighted by Crippen LogP contribution is 1.99. The van der Waals surface area contributed by atoms with E-state index in [2.05, 4.69) is 13.8 Å².